The zero-order chi connectivity index (χ0) is 16.3. The van der Waals surface area contributed by atoms with E-state index in [0.717, 1.165) is 6.42 Å². The Kier molecular flexibility index (Phi) is 4.84. The molecule has 120 valence electrons. The number of ether oxygens (including phenoxy) is 1. The lowest BCUT2D eigenvalue weighted by molar-refractivity contribution is 0.0172. The summed E-state index contributed by atoms with van der Waals surface area (Å²) in [6.07, 6.45) is 1.05. The van der Waals surface area contributed by atoms with Gasteiger partial charge in [0.15, 0.2) is 5.78 Å². The molecule has 4 nitrogen and oxygen atoms in total. The van der Waals surface area contributed by atoms with Crippen LogP contribution in [-0.4, -0.2) is 35.5 Å². The SMILES string of the molecule is CC(C)(C)OC(=O)N1CCC[C@@H](C(=O)c2cccc(F)c2)C1. The number of carbonyl (C=O) groups excluding carboxylic acids is 2. The minimum absolute atomic E-state index is 0.118. The molecule has 1 heterocycles. The Morgan fingerprint density at radius 3 is 2.68 bits per heavy atom. The molecule has 1 atom stereocenters. The van der Waals surface area contributed by atoms with Crippen LogP contribution in [0.1, 0.15) is 44.0 Å². The summed E-state index contributed by atoms with van der Waals surface area (Å²) >= 11 is 0. The first-order valence-electron chi connectivity index (χ1n) is 7.54. The van der Waals surface area contributed by atoms with Crippen molar-refractivity contribution in [1.82, 2.24) is 4.90 Å². The summed E-state index contributed by atoms with van der Waals surface area (Å²) in [7, 11) is 0. The minimum Gasteiger partial charge on any atom is -0.444 e. The Bertz CT molecular complexity index is 565. The lowest BCUT2D eigenvalue weighted by Crippen LogP contribution is -2.44. The lowest BCUT2D eigenvalue weighted by Gasteiger charge is -2.33. The number of carbonyl (C=O) groups is 2. The van der Waals surface area contributed by atoms with E-state index in [0.29, 0.717) is 25.1 Å². The van der Waals surface area contributed by atoms with Crippen molar-refractivity contribution in [2.45, 2.75) is 39.2 Å². The molecule has 0 aliphatic carbocycles. The smallest absolute Gasteiger partial charge is 0.410 e. The lowest BCUT2D eigenvalue weighted by atomic mass is 9.90. The van der Waals surface area contributed by atoms with Crippen molar-refractivity contribution in [1.29, 1.82) is 0 Å². The third-order valence-electron chi connectivity index (χ3n) is 3.55. The Balaban J connectivity index is 2.04. The number of likely N-dealkylation sites (tertiary alicyclic amines) is 1. The van der Waals surface area contributed by atoms with Crippen LogP contribution in [0.2, 0.25) is 0 Å². The van der Waals surface area contributed by atoms with Gasteiger partial charge in [0.2, 0.25) is 0 Å². The predicted molar refractivity (Wildman–Crippen MR) is 81.3 cm³/mol. The minimum atomic E-state index is -0.559. The standard InChI is InChI=1S/C17H22FNO3/c1-17(2,3)22-16(21)19-9-5-7-13(11-19)15(20)12-6-4-8-14(18)10-12/h4,6,8,10,13H,5,7,9,11H2,1-3H3/t13-/m1/s1. The molecule has 1 saturated heterocycles. The van der Waals surface area contributed by atoms with Crippen LogP contribution in [0.25, 0.3) is 0 Å². The van der Waals surface area contributed by atoms with E-state index in [1.54, 1.807) is 11.0 Å². The van der Waals surface area contributed by atoms with Crippen LogP contribution in [0.3, 0.4) is 0 Å². The summed E-state index contributed by atoms with van der Waals surface area (Å²) in [6, 6.07) is 5.69. The molecule has 0 spiro atoms. The van der Waals surface area contributed by atoms with E-state index < -0.39 is 17.5 Å². The van der Waals surface area contributed by atoms with Gasteiger partial charge in [0.05, 0.1) is 0 Å². The number of piperidine rings is 1. The Morgan fingerprint density at radius 2 is 2.05 bits per heavy atom. The summed E-state index contributed by atoms with van der Waals surface area (Å²) in [5.41, 5.74) is -0.201. The van der Waals surface area contributed by atoms with Crippen LogP contribution in [-0.2, 0) is 4.74 Å². The zero-order valence-electron chi connectivity index (χ0n) is 13.3. The average Bonchev–Trinajstić information content (AvgIpc) is 2.45. The molecule has 2 rings (SSSR count). The molecule has 0 aromatic heterocycles. The third kappa shape index (κ3) is 4.29. The topological polar surface area (TPSA) is 46.6 Å². The number of benzene rings is 1. The van der Waals surface area contributed by atoms with Crippen LogP contribution < -0.4 is 0 Å². The molecule has 0 radical (unpaired) electrons. The molecule has 1 amide bonds. The Hall–Kier alpha value is -1.91. The fraction of sp³-hybridized carbons (Fsp3) is 0.529. The fourth-order valence-corrected chi connectivity index (χ4v) is 2.56. The summed E-state index contributed by atoms with van der Waals surface area (Å²) in [5.74, 6) is -0.846. The first kappa shape index (κ1) is 16.5. The number of nitrogens with zero attached hydrogens (tertiary/aromatic N) is 1. The average molecular weight is 307 g/mol. The largest absolute Gasteiger partial charge is 0.444 e. The van der Waals surface area contributed by atoms with Gasteiger partial charge in [-0.05, 0) is 45.7 Å². The maximum Gasteiger partial charge on any atom is 0.410 e. The molecule has 1 aliphatic heterocycles. The van der Waals surface area contributed by atoms with Gasteiger partial charge in [0.25, 0.3) is 0 Å². The van der Waals surface area contributed by atoms with Crippen LogP contribution in [0.15, 0.2) is 24.3 Å². The van der Waals surface area contributed by atoms with Crippen molar-refractivity contribution in [2.24, 2.45) is 5.92 Å². The van der Waals surface area contributed by atoms with Crippen molar-refractivity contribution in [3.05, 3.63) is 35.6 Å². The van der Waals surface area contributed by atoms with E-state index in [9.17, 15) is 14.0 Å². The number of hydrogen-bond acceptors (Lipinski definition) is 3. The number of hydrogen-bond donors (Lipinski definition) is 0. The van der Waals surface area contributed by atoms with Gasteiger partial charge in [-0.1, -0.05) is 12.1 Å². The molecule has 1 aromatic carbocycles. The van der Waals surface area contributed by atoms with Gasteiger partial charge < -0.3 is 9.64 Å². The van der Waals surface area contributed by atoms with Crippen molar-refractivity contribution in [3.8, 4) is 0 Å². The van der Waals surface area contributed by atoms with E-state index in [1.807, 2.05) is 20.8 Å². The van der Waals surface area contributed by atoms with E-state index in [2.05, 4.69) is 0 Å². The molecule has 1 aliphatic rings. The van der Waals surface area contributed by atoms with Crippen molar-refractivity contribution in [2.75, 3.05) is 13.1 Å². The second-order valence-electron chi connectivity index (χ2n) is 6.64. The quantitative estimate of drug-likeness (QED) is 0.783. The molecule has 1 fully saturated rings. The number of rotatable bonds is 2. The molecular formula is C17H22FNO3. The summed E-state index contributed by atoms with van der Waals surface area (Å²) < 4.78 is 18.6. The molecule has 0 saturated carbocycles. The highest BCUT2D eigenvalue weighted by atomic mass is 19.1. The summed E-state index contributed by atoms with van der Waals surface area (Å²) in [4.78, 5) is 26.1. The Labute approximate surface area is 130 Å². The number of ketones is 1. The van der Waals surface area contributed by atoms with Gasteiger partial charge in [-0.3, -0.25) is 4.79 Å². The zero-order valence-corrected chi connectivity index (χ0v) is 13.3. The molecule has 0 N–H and O–H groups in total. The fourth-order valence-electron chi connectivity index (χ4n) is 2.56. The molecule has 0 unspecified atom stereocenters. The van der Waals surface area contributed by atoms with Crippen LogP contribution in [0.5, 0.6) is 0 Å². The van der Waals surface area contributed by atoms with E-state index >= 15 is 0 Å². The number of amides is 1. The van der Waals surface area contributed by atoms with Gasteiger partial charge in [-0.2, -0.15) is 0 Å². The van der Waals surface area contributed by atoms with Crippen LogP contribution in [0.4, 0.5) is 9.18 Å². The molecule has 1 aromatic rings. The molecule has 22 heavy (non-hydrogen) atoms. The molecular weight excluding hydrogens is 285 g/mol. The van der Waals surface area contributed by atoms with Gasteiger partial charge >= 0.3 is 6.09 Å². The summed E-state index contributed by atoms with van der Waals surface area (Å²) in [5, 5.41) is 0. The van der Waals surface area contributed by atoms with Gasteiger partial charge in [-0.15, -0.1) is 0 Å². The van der Waals surface area contributed by atoms with E-state index in [4.69, 9.17) is 4.74 Å². The second kappa shape index (κ2) is 6.46. The van der Waals surface area contributed by atoms with E-state index in [1.165, 1.54) is 18.2 Å². The highest BCUT2D eigenvalue weighted by Gasteiger charge is 2.31. The summed E-state index contributed by atoms with van der Waals surface area (Å²) in [6.45, 7) is 6.34. The van der Waals surface area contributed by atoms with Crippen LogP contribution in [0, 0.1) is 11.7 Å². The highest BCUT2D eigenvalue weighted by molar-refractivity contribution is 5.98. The Morgan fingerprint density at radius 1 is 1.32 bits per heavy atom. The molecule has 5 heteroatoms. The first-order valence-corrected chi connectivity index (χ1v) is 7.54. The molecule has 0 bridgehead atoms. The first-order chi connectivity index (χ1) is 10.3. The monoisotopic (exact) mass is 307 g/mol. The van der Waals surface area contributed by atoms with Crippen molar-refractivity contribution < 1.29 is 18.7 Å². The normalized spacial score (nSPS) is 18.9. The van der Waals surface area contributed by atoms with Crippen molar-refractivity contribution in [3.63, 3.8) is 0 Å². The highest BCUT2D eigenvalue weighted by Crippen LogP contribution is 2.23. The van der Waals surface area contributed by atoms with Gasteiger partial charge in [-0.25, -0.2) is 9.18 Å². The predicted octanol–water partition coefficient (Wildman–Crippen LogP) is 3.66. The number of Topliss-reactive ketones (excluding diaryl/α,β-unsaturated/α-hetero) is 1. The van der Waals surface area contributed by atoms with Gasteiger partial charge in [0, 0.05) is 24.6 Å². The van der Waals surface area contributed by atoms with Crippen molar-refractivity contribution >= 4 is 11.9 Å². The van der Waals surface area contributed by atoms with Gasteiger partial charge in [0.1, 0.15) is 11.4 Å². The second-order valence-corrected chi connectivity index (χ2v) is 6.64. The third-order valence-corrected chi connectivity index (χ3v) is 3.55. The van der Waals surface area contributed by atoms with Crippen LogP contribution >= 0.6 is 0 Å². The maximum absolute atomic E-state index is 13.2. The maximum atomic E-state index is 13.2. The number of halogens is 1. The van der Waals surface area contributed by atoms with E-state index in [-0.39, 0.29) is 11.7 Å².